The van der Waals surface area contributed by atoms with Crippen molar-refractivity contribution in [3.63, 3.8) is 0 Å². The third kappa shape index (κ3) is 3.74. The zero-order valence-electron chi connectivity index (χ0n) is 11.2. The first-order chi connectivity index (χ1) is 8.98. The molecule has 0 aliphatic heterocycles. The lowest BCUT2D eigenvalue weighted by molar-refractivity contribution is -0.385. The molecule has 0 saturated heterocycles. The Morgan fingerprint density at radius 2 is 2.26 bits per heavy atom. The Bertz CT molecular complexity index is 440. The zero-order valence-corrected chi connectivity index (χ0v) is 11.2. The highest BCUT2D eigenvalue weighted by molar-refractivity contribution is 5.20. The van der Waals surface area contributed by atoms with Crippen molar-refractivity contribution in [2.75, 3.05) is 20.1 Å². The van der Waals surface area contributed by atoms with Gasteiger partial charge in [-0.25, -0.2) is 0 Å². The van der Waals surface area contributed by atoms with Crippen LogP contribution in [0.15, 0.2) is 12.4 Å². The first-order valence-corrected chi connectivity index (χ1v) is 6.56. The highest BCUT2D eigenvalue weighted by atomic mass is 16.6. The van der Waals surface area contributed by atoms with Crippen LogP contribution in [0, 0.1) is 10.1 Å². The smallest absolute Gasteiger partial charge is 0.306 e. The third-order valence-electron chi connectivity index (χ3n) is 3.64. The summed E-state index contributed by atoms with van der Waals surface area (Å²) in [4.78, 5) is 12.1. The van der Waals surface area contributed by atoms with Crippen molar-refractivity contribution in [2.24, 2.45) is 0 Å². The highest BCUT2D eigenvalue weighted by Crippen LogP contribution is 2.29. The molecule has 0 bridgehead atoms. The molecule has 7 nitrogen and oxygen atoms in total. The Morgan fingerprint density at radius 3 is 2.84 bits per heavy atom. The van der Waals surface area contributed by atoms with Crippen molar-refractivity contribution in [3.8, 4) is 0 Å². The van der Waals surface area contributed by atoms with Gasteiger partial charge in [-0.1, -0.05) is 12.8 Å². The molecule has 1 aromatic rings. The van der Waals surface area contributed by atoms with E-state index in [2.05, 4.69) is 10.00 Å². The van der Waals surface area contributed by atoms with Crippen LogP contribution in [0.4, 0.5) is 5.69 Å². The number of aliphatic hydroxyl groups is 1. The van der Waals surface area contributed by atoms with Crippen LogP contribution < -0.4 is 0 Å². The minimum Gasteiger partial charge on any atom is -0.389 e. The molecule has 7 heteroatoms. The van der Waals surface area contributed by atoms with Crippen molar-refractivity contribution in [2.45, 2.75) is 37.8 Å². The number of hydrogen-bond donors (Lipinski definition) is 1. The van der Waals surface area contributed by atoms with E-state index in [4.69, 9.17) is 0 Å². The monoisotopic (exact) mass is 268 g/mol. The van der Waals surface area contributed by atoms with Gasteiger partial charge in [0.25, 0.3) is 0 Å². The van der Waals surface area contributed by atoms with E-state index >= 15 is 0 Å². The van der Waals surface area contributed by atoms with Crippen LogP contribution in [-0.4, -0.2) is 50.4 Å². The summed E-state index contributed by atoms with van der Waals surface area (Å²) in [5, 5.41) is 24.8. The third-order valence-corrected chi connectivity index (χ3v) is 3.64. The van der Waals surface area contributed by atoms with E-state index in [1.54, 1.807) is 4.68 Å². The molecule has 106 valence electrons. The van der Waals surface area contributed by atoms with Gasteiger partial charge in [0.1, 0.15) is 12.4 Å². The Kier molecular flexibility index (Phi) is 4.16. The van der Waals surface area contributed by atoms with Gasteiger partial charge in [-0.15, -0.1) is 0 Å². The van der Waals surface area contributed by atoms with E-state index < -0.39 is 10.5 Å². The topological polar surface area (TPSA) is 84.4 Å². The molecule has 1 fully saturated rings. The molecule has 0 amide bonds. The van der Waals surface area contributed by atoms with Gasteiger partial charge < -0.3 is 10.0 Å². The molecule has 2 rings (SSSR count). The molecular weight excluding hydrogens is 248 g/mol. The quantitative estimate of drug-likeness (QED) is 0.615. The molecule has 0 aromatic carbocycles. The maximum absolute atomic E-state index is 10.5. The second kappa shape index (κ2) is 5.66. The Balaban J connectivity index is 1.79. The summed E-state index contributed by atoms with van der Waals surface area (Å²) in [6.45, 7) is 1.94. The van der Waals surface area contributed by atoms with Crippen molar-refractivity contribution in [3.05, 3.63) is 22.5 Å². The molecule has 1 aliphatic carbocycles. The Hall–Kier alpha value is -1.47. The van der Waals surface area contributed by atoms with Crippen molar-refractivity contribution in [1.82, 2.24) is 14.7 Å². The molecule has 0 atom stereocenters. The van der Waals surface area contributed by atoms with Gasteiger partial charge in [-0.05, 0) is 19.9 Å². The van der Waals surface area contributed by atoms with Crippen LogP contribution >= 0.6 is 0 Å². The fourth-order valence-electron chi connectivity index (χ4n) is 2.62. The molecule has 1 aliphatic rings. The largest absolute Gasteiger partial charge is 0.389 e. The summed E-state index contributed by atoms with van der Waals surface area (Å²) >= 11 is 0. The maximum Gasteiger partial charge on any atom is 0.306 e. The molecule has 1 N–H and O–H groups in total. The molecule has 1 saturated carbocycles. The van der Waals surface area contributed by atoms with Crippen LogP contribution in [0.2, 0.25) is 0 Å². The summed E-state index contributed by atoms with van der Waals surface area (Å²) in [6, 6.07) is 0. The molecule has 1 heterocycles. The lowest BCUT2D eigenvalue weighted by Crippen LogP contribution is -2.40. The first kappa shape index (κ1) is 14.0. The summed E-state index contributed by atoms with van der Waals surface area (Å²) < 4.78 is 1.56. The van der Waals surface area contributed by atoms with Gasteiger partial charge in [0, 0.05) is 13.1 Å². The Morgan fingerprint density at radius 1 is 1.58 bits per heavy atom. The van der Waals surface area contributed by atoms with E-state index in [9.17, 15) is 15.2 Å². The normalized spacial score (nSPS) is 18.1. The molecule has 0 radical (unpaired) electrons. The Labute approximate surface area is 112 Å². The second-order valence-electron chi connectivity index (χ2n) is 5.39. The van der Waals surface area contributed by atoms with Gasteiger partial charge in [0.15, 0.2) is 0 Å². The second-order valence-corrected chi connectivity index (χ2v) is 5.39. The predicted molar refractivity (Wildman–Crippen MR) is 69.8 cm³/mol. The van der Waals surface area contributed by atoms with Gasteiger partial charge in [0.05, 0.1) is 17.1 Å². The average molecular weight is 268 g/mol. The van der Waals surface area contributed by atoms with E-state index in [1.807, 2.05) is 7.05 Å². The summed E-state index contributed by atoms with van der Waals surface area (Å²) in [7, 11) is 1.95. The summed E-state index contributed by atoms with van der Waals surface area (Å²) in [5.41, 5.74) is -0.540. The molecule has 0 unspecified atom stereocenters. The van der Waals surface area contributed by atoms with Crippen LogP contribution in [-0.2, 0) is 6.54 Å². The summed E-state index contributed by atoms with van der Waals surface area (Å²) in [5.74, 6) is 0. The predicted octanol–water partition coefficient (Wildman–Crippen LogP) is 1.03. The lowest BCUT2D eigenvalue weighted by atomic mass is 10.0. The highest BCUT2D eigenvalue weighted by Gasteiger charge is 2.31. The number of nitrogens with zero attached hydrogens (tertiary/aromatic N) is 4. The SMILES string of the molecule is CN(CCn1cc([N+](=O)[O-])cn1)CC1(O)CCCC1. The van der Waals surface area contributed by atoms with E-state index in [0.29, 0.717) is 19.6 Å². The van der Waals surface area contributed by atoms with Crippen LogP contribution in [0.3, 0.4) is 0 Å². The fourth-order valence-corrected chi connectivity index (χ4v) is 2.62. The maximum atomic E-state index is 10.5. The zero-order chi connectivity index (χ0) is 13.9. The first-order valence-electron chi connectivity index (χ1n) is 6.56. The standard InChI is InChI=1S/C12H20N4O3/c1-14(10-12(17)4-2-3-5-12)6-7-15-9-11(8-13-15)16(18)19/h8-9,17H,2-7,10H2,1H3. The van der Waals surface area contributed by atoms with E-state index in [1.165, 1.54) is 12.4 Å². The van der Waals surface area contributed by atoms with Crippen molar-refractivity contribution in [1.29, 1.82) is 0 Å². The summed E-state index contributed by atoms with van der Waals surface area (Å²) in [6.07, 6.45) is 6.60. The van der Waals surface area contributed by atoms with Crippen LogP contribution in [0.25, 0.3) is 0 Å². The van der Waals surface area contributed by atoms with Gasteiger partial charge >= 0.3 is 5.69 Å². The van der Waals surface area contributed by atoms with Gasteiger partial charge in [-0.2, -0.15) is 5.10 Å². The number of likely N-dealkylation sites (N-methyl/N-ethyl adjacent to an activating group) is 1. The van der Waals surface area contributed by atoms with Crippen molar-refractivity contribution < 1.29 is 10.0 Å². The minimum absolute atomic E-state index is 0.0112. The van der Waals surface area contributed by atoms with E-state index in [0.717, 1.165) is 25.7 Å². The average Bonchev–Trinajstić information content (AvgIpc) is 2.95. The van der Waals surface area contributed by atoms with Crippen LogP contribution in [0.5, 0.6) is 0 Å². The van der Waals surface area contributed by atoms with Gasteiger partial charge in [0.2, 0.25) is 0 Å². The van der Waals surface area contributed by atoms with E-state index in [-0.39, 0.29) is 5.69 Å². The van der Waals surface area contributed by atoms with Gasteiger partial charge in [-0.3, -0.25) is 14.8 Å². The molecule has 0 spiro atoms. The fraction of sp³-hybridized carbons (Fsp3) is 0.750. The molecule has 1 aromatic heterocycles. The minimum atomic E-state index is -0.551. The lowest BCUT2D eigenvalue weighted by Gasteiger charge is -2.28. The molecule has 19 heavy (non-hydrogen) atoms. The molecular formula is C12H20N4O3. The van der Waals surface area contributed by atoms with Crippen LogP contribution in [0.1, 0.15) is 25.7 Å². The number of nitro groups is 1. The number of aromatic nitrogens is 2. The van der Waals surface area contributed by atoms with Crippen molar-refractivity contribution >= 4 is 5.69 Å². The number of rotatable bonds is 6. The number of hydrogen-bond acceptors (Lipinski definition) is 5.